The van der Waals surface area contributed by atoms with Gasteiger partial charge >= 0.3 is 0 Å². The maximum absolute atomic E-state index is 5.28. The molecule has 96 valence electrons. The number of H-pyrrole nitrogens is 1. The van der Waals surface area contributed by atoms with E-state index in [0.29, 0.717) is 5.92 Å². The number of aromatic amines is 1. The molecule has 1 saturated heterocycles. The highest BCUT2D eigenvalue weighted by Crippen LogP contribution is 2.34. The van der Waals surface area contributed by atoms with Crippen LogP contribution >= 0.6 is 0 Å². The van der Waals surface area contributed by atoms with Crippen molar-refractivity contribution in [1.29, 1.82) is 0 Å². The van der Waals surface area contributed by atoms with Gasteiger partial charge in [-0.2, -0.15) is 0 Å². The number of benzene rings is 1. The topological polar surface area (TPSA) is 37.0 Å². The molecular formula is C15H20N2O. The van der Waals surface area contributed by atoms with Gasteiger partial charge in [-0.25, -0.2) is 0 Å². The lowest BCUT2D eigenvalue weighted by Crippen LogP contribution is -2.28. The third-order valence-corrected chi connectivity index (χ3v) is 3.95. The lowest BCUT2D eigenvalue weighted by atomic mass is 9.89. The van der Waals surface area contributed by atoms with Crippen molar-refractivity contribution < 1.29 is 4.74 Å². The zero-order chi connectivity index (χ0) is 12.5. The first-order chi connectivity index (χ1) is 8.79. The van der Waals surface area contributed by atoms with Crippen LogP contribution in [0.3, 0.4) is 0 Å². The van der Waals surface area contributed by atoms with Crippen LogP contribution in [0, 0.1) is 6.92 Å². The zero-order valence-electron chi connectivity index (χ0n) is 11.0. The fourth-order valence-corrected chi connectivity index (χ4v) is 3.08. The summed E-state index contributed by atoms with van der Waals surface area (Å²) < 4.78 is 5.28. The molecule has 2 N–H and O–H groups in total. The molecule has 1 aliphatic heterocycles. The van der Waals surface area contributed by atoms with Gasteiger partial charge in [0.05, 0.1) is 7.11 Å². The standard InChI is InChI=1S/C15H20N2O/c1-10-15(11-4-3-7-16-9-11)13-6-5-12(18-2)8-14(13)17-10/h5-6,8,11,16-17H,3-4,7,9H2,1-2H3. The van der Waals surface area contributed by atoms with E-state index in [2.05, 4.69) is 35.4 Å². The van der Waals surface area contributed by atoms with Gasteiger partial charge in [-0.05, 0) is 49.9 Å². The average molecular weight is 244 g/mol. The third kappa shape index (κ3) is 1.89. The van der Waals surface area contributed by atoms with E-state index in [1.165, 1.54) is 35.0 Å². The van der Waals surface area contributed by atoms with E-state index >= 15 is 0 Å². The van der Waals surface area contributed by atoms with Gasteiger partial charge in [-0.15, -0.1) is 0 Å². The van der Waals surface area contributed by atoms with E-state index in [0.717, 1.165) is 18.8 Å². The van der Waals surface area contributed by atoms with Crippen molar-refractivity contribution >= 4 is 10.9 Å². The van der Waals surface area contributed by atoms with Crippen LogP contribution < -0.4 is 10.1 Å². The molecule has 2 aromatic rings. The number of aryl methyl sites for hydroxylation is 1. The van der Waals surface area contributed by atoms with Crippen molar-refractivity contribution in [3.05, 3.63) is 29.5 Å². The molecule has 3 heteroatoms. The van der Waals surface area contributed by atoms with Gasteiger partial charge < -0.3 is 15.0 Å². The van der Waals surface area contributed by atoms with Crippen LogP contribution in [-0.2, 0) is 0 Å². The monoisotopic (exact) mass is 244 g/mol. The van der Waals surface area contributed by atoms with Crippen molar-refractivity contribution in [2.24, 2.45) is 0 Å². The van der Waals surface area contributed by atoms with E-state index in [9.17, 15) is 0 Å². The Balaban J connectivity index is 2.07. The van der Waals surface area contributed by atoms with Gasteiger partial charge in [-0.3, -0.25) is 0 Å². The molecule has 1 aliphatic rings. The van der Waals surface area contributed by atoms with Crippen molar-refractivity contribution in [2.45, 2.75) is 25.7 Å². The summed E-state index contributed by atoms with van der Waals surface area (Å²) in [7, 11) is 1.71. The van der Waals surface area contributed by atoms with Crippen LogP contribution in [0.4, 0.5) is 0 Å². The normalized spacial score (nSPS) is 20.2. The highest BCUT2D eigenvalue weighted by Gasteiger charge is 2.21. The SMILES string of the molecule is COc1ccc2c(C3CCCNC3)c(C)[nH]c2c1. The molecule has 1 fully saturated rings. The summed E-state index contributed by atoms with van der Waals surface area (Å²) in [6.45, 7) is 4.43. The first-order valence-electron chi connectivity index (χ1n) is 6.66. The molecule has 0 aliphatic carbocycles. The van der Waals surface area contributed by atoms with Gasteiger partial charge in [0.15, 0.2) is 0 Å². The number of fused-ring (bicyclic) bond motifs is 1. The summed E-state index contributed by atoms with van der Waals surface area (Å²) in [5.74, 6) is 1.55. The summed E-state index contributed by atoms with van der Waals surface area (Å²) >= 11 is 0. The van der Waals surface area contributed by atoms with E-state index in [1.54, 1.807) is 7.11 Å². The number of rotatable bonds is 2. The molecule has 0 radical (unpaired) electrons. The molecule has 1 aromatic carbocycles. The minimum absolute atomic E-state index is 0.640. The molecule has 0 saturated carbocycles. The van der Waals surface area contributed by atoms with Crippen LogP contribution in [0.2, 0.25) is 0 Å². The molecule has 0 amide bonds. The number of methoxy groups -OCH3 is 1. The van der Waals surface area contributed by atoms with Gasteiger partial charge in [0, 0.05) is 29.2 Å². The average Bonchev–Trinajstić information content (AvgIpc) is 2.74. The summed E-state index contributed by atoms with van der Waals surface area (Å²) in [5.41, 5.74) is 3.97. The first kappa shape index (κ1) is 11.6. The summed E-state index contributed by atoms with van der Waals surface area (Å²) in [4.78, 5) is 3.49. The third-order valence-electron chi connectivity index (χ3n) is 3.95. The van der Waals surface area contributed by atoms with Crippen LogP contribution in [0.5, 0.6) is 5.75 Å². The predicted molar refractivity (Wildman–Crippen MR) is 74.4 cm³/mol. The fourth-order valence-electron chi connectivity index (χ4n) is 3.08. The van der Waals surface area contributed by atoms with Crippen LogP contribution in [0.15, 0.2) is 18.2 Å². The lowest BCUT2D eigenvalue weighted by molar-refractivity contribution is 0.415. The zero-order valence-corrected chi connectivity index (χ0v) is 11.0. The number of ether oxygens (including phenoxy) is 1. The maximum atomic E-state index is 5.28. The van der Waals surface area contributed by atoms with Gasteiger partial charge in [0.25, 0.3) is 0 Å². The van der Waals surface area contributed by atoms with E-state index < -0.39 is 0 Å². The van der Waals surface area contributed by atoms with Gasteiger partial charge in [0.2, 0.25) is 0 Å². The first-order valence-corrected chi connectivity index (χ1v) is 6.66. The Morgan fingerprint density at radius 3 is 2.94 bits per heavy atom. The highest BCUT2D eigenvalue weighted by atomic mass is 16.5. The minimum Gasteiger partial charge on any atom is -0.497 e. The number of hydrogen-bond donors (Lipinski definition) is 2. The van der Waals surface area contributed by atoms with Crippen LogP contribution in [0.25, 0.3) is 10.9 Å². The second-order valence-corrected chi connectivity index (χ2v) is 5.12. The Kier molecular flexibility index (Phi) is 3.00. The van der Waals surface area contributed by atoms with E-state index in [-0.39, 0.29) is 0 Å². The number of hydrogen-bond acceptors (Lipinski definition) is 2. The Morgan fingerprint density at radius 2 is 2.22 bits per heavy atom. The molecule has 0 spiro atoms. The van der Waals surface area contributed by atoms with Crippen LogP contribution in [0.1, 0.15) is 30.0 Å². The van der Waals surface area contributed by atoms with Crippen molar-refractivity contribution in [2.75, 3.05) is 20.2 Å². The molecule has 3 rings (SSSR count). The predicted octanol–water partition coefficient (Wildman–Crippen LogP) is 2.95. The molecule has 18 heavy (non-hydrogen) atoms. The lowest BCUT2D eigenvalue weighted by Gasteiger charge is -2.23. The summed E-state index contributed by atoms with van der Waals surface area (Å²) in [6.07, 6.45) is 2.56. The van der Waals surface area contributed by atoms with Gasteiger partial charge in [0.1, 0.15) is 5.75 Å². The molecule has 2 heterocycles. The summed E-state index contributed by atoms with van der Waals surface area (Å²) in [6, 6.07) is 6.32. The Labute approximate surface area is 108 Å². The number of aromatic nitrogens is 1. The molecule has 1 aromatic heterocycles. The van der Waals surface area contributed by atoms with Gasteiger partial charge in [-0.1, -0.05) is 0 Å². The molecule has 0 bridgehead atoms. The molecule has 3 nitrogen and oxygen atoms in total. The number of piperidine rings is 1. The second kappa shape index (κ2) is 4.65. The van der Waals surface area contributed by atoms with Crippen LogP contribution in [-0.4, -0.2) is 25.2 Å². The van der Waals surface area contributed by atoms with Crippen molar-refractivity contribution in [1.82, 2.24) is 10.3 Å². The largest absolute Gasteiger partial charge is 0.497 e. The second-order valence-electron chi connectivity index (χ2n) is 5.12. The Morgan fingerprint density at radius 1 is 1.33 bits per heavy atom. The summed E-state index contributed by atoms with van der Waals surface area (Å²) in [5, 5.41) is 4.85. The maximum Gasteiger partial charge on any atom is 0.120 e. The van der Waals surface area contributed by atoms with E-state index in [1.807, 2.05) is 0 Å². The highest BCUT2D eigenvalue weighted by molar-refractivity contribution is 5.86. The fraction of sp³-hybridized carbons (Fsp3) is 0.467. The Bertz CT molecular complexity index is 553. The number of nitrogens with one attached hydrogen (secondary N) is 2. The quantitative estimate of drug-likeness (QED) is 0.852. The molecule has 1 atom stereocenters. The van der Waals surface area contributed by atoms with Crippen molar-refractivity contribution in [3.8, 4) is 5.75 Å². The van der Waals surface area contributed by atoms with E-state index in [4.69, 9.17) is 4.74 Å². The molecular weight excluding hydrogens is 224 g/mol. The molecule has 1 unspecified atom stereocenters. The minimum atomic E-state index is 0.640. The van der Waals surface area contributed by atoms with Crippen molar-refractivity contribution in [3.63, 3.8) is 0 Å². The smallest absolute Gasteiger partial charge is 0.120 e. The Hall–Kier alpha value is -1.48.